The Bertz CT molecular complexity index is 660. The molecule has 2 nitrogen and oxygen atoms in total. The van der Waals surface area contributed by atoms with Gasteiger partial charge in [0.15, 0.2) is 0 Å². The highest BCUT2D eigenvalue weighted by Gasteiger charge is 2.08. The van der Waals surface area contributed by atoms with Gasteiger partial charge in [0.25, 0.3) is 0 Å². The van der Waals surface area contributed by atoms with Gasteiger partial charge >= 0.3 is 0 Å². The summed E-state index contributed by atoms with van der Waals surface area (Å²) in [6, 6.07) is 12.8. The highest BCUT2D eigenvalue weighted by molar-refractivity contribution is 7.15. The predicted molar refractivity (Wildman–Crippen MR) is 79.3 cm³/mol. The van der Waals surface area contributed by atoms with Gasteiger partial charge in [0.05, 0.1) is 16.8 Å². The third kappa shape index (κ3) is 2.71. The molecular weight excluding hydrogens is 252 g/mol. The summed E-state index contributed by atoms with van der Waals surface area (Å²) in [6.45, 7) is 2.17. The summed E-state index contributed by atoms with van der Waals surface area (Å²) in [6.07, 6.45) is 6.23. The number of hydrogen-bond donors (Lipinski definition) is 0. The largest absolute Gasteiger partial charge is 0.261 e. The number of thiophene rings is 1. The molecule has 0 saturated heterocycles. The molecule has 19 heavy (non-hydrogen) atoms. The van der Waals surface area contributed by atoms with Crippen molar-refractivity contribution in [2.75, 3.05) is 0 Å². The molecular formula is C16H14N2S. The summed E-state index contributed by atoms with van der Waals surface area (Å²) in [5.74, 6) is 0. The zero-order chi connectivity index (χ0) is 13.1. The van der Waals surface area contributed by atoms with Gasteiger partial charge < -0.3 is 0 Å². The van der Waals surface area contributed by atoms with E-state index in [4.69, 9.17) is 0 Å². The Morgan fingerprint density at radius 2 is 1.95 bits per heavy atom. The zero-order valence-corrected chi connectivity index (χ0v) is 11.5. The van der Waals surface area contributed by atoms with Gasteiger partial charge in [-0.3, -0.25) is 9.97 Å². The summed E-state index contributed by atoms with van der Waals surface area (Å²) >= 11 is 1.78. The Morgan fingerprint density at radius 1 is 1.11 bits per heavy atom. The van der Waals surface area contributed by atoms with Crippen LogP contribution in [0.2, 0.25) is 0 Å². The molecule has 0 aliphatic carbocycles. The first-order valence-corrected chi connectivity index (χ1v) is 7.04. The van der Waals surface area contributed by atoms with E-state index >= 15 is 0 Å². The topological polar surface area (TPSA) is 25.8 Å². The quantitative estimate of drug-likeness (QED) is 0.713. The maximum atomic E-state index is 4.36. The van der Waals surface area contributed by atoms with Crippen LogP contribution in [0.3, 0.4) is 0 Å². The molecule has 0 amide bonds. The molecule has 2 heterocycles. The average molecular weight is 266 g/mol. The monoisotopic (exact) mass is 266 g/mol. The van der Waals surface area contributed by atoms with Crippen molar-refractivity contribution in [1.29, 1.82) is 0 Å². The summed E-state index contributed by atoms with van der Waals surface area (Å²) in [5.41, 5.74) is 3.67. The highest BCUT2D eigenvalue weighted by Crippen LogP contribution is 2.30. The van der Waals surface area contributed by atoms with E-state index in [9.17, 15) is 0 Å². The lowest BCUT2D eigenvalue weighted by Crippen LogP contribution is -1.86. The van der Waals surface area contributed by atoms with Crippen LogP contribution in [0, 0.1) is 6.92 Å². The minimum Gasteiger partial charge on any atom is -0.261 e. The Labute approximate surface area is 116 Å². The third-order valence-corrected chi connectivity index (χ3v) is 4.19. The first-order valence-electron chi connectivity index (χ1n) is 6.22. The standard InChI is InChI=1S/C16H14N2S/c1-12-14(9-13-5-3-2-4-6-13)10-16(19-12)15-11-17-7-8-18-15/h2-8,10-11H,9H2,1H3. The molecule has 0 radical (unpaired) electrons. The summed E-state index contributed by atoms with van der Waals surface area (Å²) < 4.78 is 0. The van der Waals surface area contributed by atoms with Crippen LogP contribution in [-0.2, 0) is 6.42 Å². The molecule has 94 valence electrons. The molecule has 0 aliphatic heterocycles. The number of hydrogen-bond acceptors (Lipinski definition) is 3. The summed E-state index contributed by atoms with van der Waals surface area (Å²) in [5, 5.41) is 0. The van der Waals surface area contributed by atoms with Crippen molar-refractivity contribution < 1.29 is 0 Å². The van der Waals surface area contributed by atoms with E-state index in [1.165, 1.54) is 20.9 Å². The maximum Gasteiger partial charge on any atom is 0.0984 e. The van der Waals surface area contributed by atoms with E-state index in [1.807, 2.05) is 6.20 Å². The molecule has 0 aliphatic rings. The molecule has 1 aromatic carbocycles. The molecule has 3 aromatic rings. The second-order valence-electron chi connectivity index (χ2n) is 4.45. The van der Waals surface area contributed by atoms with Crippen LogP contribution in [0.25, 0.3) is 10.6 Å². The molecule has 0 N–H and O–H groups in total. The fourth-order valence-electron chi connectivity index (χ4n) is 2.06. The fourth-order valence-corrected chi connectivity index (χ4v) is 3.07. The van der Waals surface area contributed by atoms with E-state index in [1.54, 1.807) is 23.7 Å². The molecule has 0 fully saturated rings. The Kier molecular flexibility index (Phi) is 3.38. The van der Waals surface area contributed by atoms with Crippen LogP contribution < -0.4 is 0 Å². The van der Waals surface area contributed by atoms with Crippen molar-refractivity contribution in [1.82, 2.24) is 9.97 Å². The van der Waals surface area contributed by atoms with Gasteiger partial charge in [-0.15, -0.1) is 11.3 Å². The van der Waals surface area contributed by atoms with Crippen molar-refractivity contribution >= 4 is 11.3 Å². The van der Waals surface area contributed by atoms with Crippen LogP contribution in [0.5, 0.6) is 0 Å². The first kappa shape index (κ1) is 12.1. The third-order valence-electron chi connectivity index (χ3n) is 3.07. The number of benzene rings is 1. The van der Waals surface area contributed by atoms with Crippen LogP contribution in [0.1, 0.15) is 16.0 Å². The van der Waals surface area contributed by atoms with Crippen LogP contribution in [-0.4, -0.2) is 9.97 Å². The molecule has 0 saturated carbocycles. The van der Waals surface area contributed by atoms with Gasteiger partial charge in [-0.05, 0) is 30.5 Å². The Morgan fingerprint density at radius 3 is 2.68 bits per heavy atom. The van der Waals surface area contributed by atoms with E-state index in [0.717, 1.165) is 12.1 Å². The van der Waals surface area contributed by atoms with Crippen LogP contribution in [0.4, 0.5) is 0 Å². The minimum atomic E-state index is 0.954. The Hall–Kier alpha value is -2.00. The van der Waals surface area contributed by atoms with Crippen molar-refractivity contribution in [2.24, 2.45) is 0 Å². The predicted octanol–water partition coefficient (Wildman–Crippen LogP) is 4.10. The molecule has 3 heteroatoms. The van der Waals surface area contributed by atoms with Crippen molar-refractivity contribution in [3.05, 3.63) is 71.0 Å². The van der Waals surface area contributed by atoms with Gasteiger partial charge in [0, 0.05) is 17.3 Å². The maximum absolute atomic E-state index is 4.36. The van der Waals surface area contributed by atoms with E-state index < -0.39 is 0 Å². The average Bonchev–Trinajstić information content (AvgIpc) is 2.82. The number of aryl methyl sites for hydroxylation is 1. The SMILES string of the molecule is Cc1sc(-c2cnccn2)cc1Cc1ccccc1. The van der Waals surface area contributed by atoms with Gasteiger partial charge in [0.2, 0.25) is 0 Å². The normalized spacial score (nSPS) is 10.6. The minimum absolute atomic E-state index is 0.954. The van der Waals surface area contributed by atoms with E-state index in [2.05, 4.69) is 53.3 Å². The first-order chi connectivity index (χ1) is 9.33. The van der Waals surface area contributed by atoms with Crippen LogP contribution in [0.15, 0.2) is 55.0 Å². The lowest BCUT2D eigenvalue weighted by molar-refractivity contribution is 1.18. The van der Waals surface area contributed by atoms with Gasteiger partial charge in [0.1, 0.15) is 0 Å². The molecule has 0 bridgehead atoms. The van der Waals surface area contributed by atoms with Gasteiger partial charge in [-0.2, -0.15) is 0 Å². The van der Waals surface area contributed by atoms with Crippen molar-refractivity contribution in [2.45, 2.75) is 13.3 Å². The highest BCUT2D eigenvalue weighted by atomic mass is 32.1. The Balaban J connectivity index is 1.90. The van der Waals surface area contributed by atoms with Gasteiger partial charge in [-0.25, -0.2) is 0 Å². The summed E-state index contributed by atoms with van der Waals surface area (Å²) in [4.78, 5) is 11.0. The molecule has 3 rings (SSSR count). The summed E-state index contributed by atoms with van der Waals surface area (Å²) in [7, 11) is 0. The molecule has 2 aromatic heterocycles. The second-order valence-corrected chi connectivity index (χ2v) is 5.70. The second kappa shape index (κ2) is 5.33. The molecule has 0 unspecified atom stereocenters. The lowest BCUT2D eigenvalue weighted by Gasteiger charge is -1.99. The van der Waals surface area contributed by atoms with Gasteiger partial charge in [-0.1, -0.05) is 30.3 Å². The van der Waals surface area contributed by atoms with Crippen molar-refractivity contribution in [3.63, 3.8) is 0 Å². The zero-order valence-electron chi connectivity index (χ0n) is 10.7. The molecule has 0 atom stereocenters. The number of rotatable bonds is 3. The smallest absolute Gasteiger partial charge is 0.0984 e. The van der Waals surface area contributed by atoms with Crippen LogP contribution >= 0.6 is 11.3 Å². The van der Waals surface area contributed by atoms with Crippen molar-refractivity contribution in [3.8, 4) is 10.6 Å². The lowest BCUT2D eigenvalue weighted by atomic mass is 10.1. The number of aromatic nitrogens is 2. The number of nitrogens with zero attached hydrogens (tertiary/aromatic N) is 2. The molecule has 0 spiro atoms. The van der Waals surface area contributed by atoms with E-state index in [0.29, 0.717) is 0 Å². The van der Waals surface area contributed by atoms with E-state index in [-0.39, 0.29) is 0 Å². The fraction of sp³-hybridized carbons (Fsp3) is 0.125.